The largest absolute Gasteiger partial charge is 0.0593 e. The van der Waals surface area contributed by atoms with E-state index in [9.17, 15) is 0 Å². The predicted molar refractivity (Wildman–Crippen MR) is 80.1 cm³/mol. The van der Waals surface area contributed by atoms with Crippen molar-refractivity contribution in [1.82, 2.24) is 0 Å². The second-order valence-electron chi connectivity index (χ2n) is 7.61. The van der Waals surface area contributed by atoms with Crippen LogP contribution in [-0.2, 0) is 0 Å². The monoisotopic (exact) mass is 244 g/mol. The van der Waals surface area contributed by atoms with Crippen molar-refractivity contribution in [2.24, 2.45) is 10.8 Å². The number of rotatable bonds is 1. The second-order valence-corrected chi connectivity index (χ2v) is 7.61. The molecule has 0 spiro atoms. The fourth-order valence-electron chi connectivity index (χ4n) is 4.19. The fourth-order valence-corrected chi connectivity index (χ4v) is 4.19. The minimum absolute atomic E-state index is 0.420. The van der Waals surface area contributed by atoms with Gasteiger partial charge >= 0.3 is 0 Å². The lowest BCUT2D eigenvalue weighted by atomic mass is 9.55. The van der Waals surface area contributed by atoms with Crippen LogP contribution in [0.15, 0.2) is 18.2 Å². The van der Waals surface area contributed by atoms with E-state index in [1.807, 2.05) is 0 Å². The summed E-state index contributed by atoms with van der Waals surface area (Å²) in [7, 11) is 0. The third kappa shape index (κ3) is 2.35. The van der Waals surface area contributed by atoms with Crippen LogP contribution in [0.1, 0.15) is 69.6 Å². The molecule has 1 aliphatic rings. The van der Waals surface area contributed by atoms with Crippen LogP contribution in [0.25, 0.3) is 0 Å². The van der Waals surface area contributed by atoms with Crippen molar-refractivity contribution in [2.45, 2.75) is 66.7 Å². The van der Waals surface area contributed by atoms with Crippen molar-refractivity contribution < 1.29 is 0 Å². The predicted octanol–water partition coefficient (Wildman–Crippen LogP) is 5.62. The Morgan fingerprint density at radius 3 is 1.94 bits per heavy atom. The SMILES string of the molecule is Cc1ccc(C2C(C)(C)CCCC2(C)C)cc1C. The summed E-state index contributed by atoms with van der Waals surface area (Å²) < 4.78 is 0. The van der Waals surface area contributed by atoms with Crippen molar-refractivity contribution in [3.63, 3.8) is 0 Å². The second kappa shape index (κ2) is 4.40. The zero-order valence-corrected chi connectivity index (χ0v) is 12.9. The highest BCUT2D eigenvalue weighted by molar-refractivity contribution is 5.34. The molecule has 1 saturated carbocycles. The van der Waals surface area contributed by atoms with Crippen LogP contribution in [0.3, 0.4) is 0 Å². The number of hydrogen-bond acceptors (Lipinski definition) is 0. The summed E-state index contributed by atoms with van der Waals surface area (Å²) in [4.78, 5) is 0. The molecule has 0 aliphatic heterocycles. The number of hydrogen-bond donors (Lipinski definition) is 0. The smallest absolute Gasteiger partial charge is 0.00592 e. The van der Waals surface area contributed by atoms with Gasteiger partial charge in [0, 0.05) is 0 Å². The van der Waals surface area contributed by atoms with Gasteiger partial charge in [-0.3, -0.25) is 0 Å². The molecule has 0 heterocycles. The van der Waals surface area contributed by atoms with E-state index >= 15 is 0 Å². The van der Waals surface area contributed by atoms with Crippen LogP contribution in [-0.4, -0.2) is 0 Å². The average Bonchev–Trinajstić information content (AvgIpc) is 2.20. The highest BCUT2D eigenvalue weighted by Crippen LogP contribution is 2.56. The van der Waals surface area contributed by atoms with Gasteiger partial charge in [0.25, 0.3) is 0 Å². The van der Waals surface area contributed by atoms with Gasteiger partial charge in [0.05, 0.1) is 0 Å². The molecule has 0 unspecified atom stereocenters. The summed E-state index contributed by atoms with van der Waals surface area (Å²) >= 11 is 0. The Labute approximate surface area is 113 Å². The molecule has 1 fully saturated rings. The molecule has 0 aromatic heterocycles. The molecule has 0 saturated heterocycles. The molecule has 0 atom stereocenters. The summed E-state index contributed by atoms with van der Waals surface area (Å²) in [5.41, 5.74) is 5.23. The lowest BCUT2D eigenvalue weighted by Gasteiger charge is -2.49. The first-order chi connectivity index (χ1) is 8.24. The maximum Gasteiger partial charge on any atom is -0.00592 e. The molecule has 1 aromatic carbocycles. The Kier molecular flexibility index (Phi) is 3.34. The molecule has 2 rings (SSSR count). The van der Waals surface area contributed by atoms with Crippen LogP contribution in [0.4, 0.5) is 0 Å². The molecule has 1 aromatic rings. The maximum absolute atomic E-state index is 2.45. The van der Waals surface area contributed by atoms with Crippen LogP contribution in [0, 0.1) is 24.7 Å². The quantitative estimate of drug-likeness (QED) is 0.601. The van der Waals surface area contributed by atoms with E-state index in [4.69, 9.17) is 0 Å². The van der Waals surface area contributed by atoms with Crippen LogP contribution < -0.4 is 0 Å². The molecule has 0 nitrogen and oxygen atoms in total. The highest BCUT2D eigenvalue weighted by Gasteiger charge is 2.44. The van der Waals surface area contributed by atoms with Crippen molar-refractivity contribution in [1.29, 1.82) is 0 Å². The van der Waals surface area contributed by atoms with Gasteiger partial charge in [0.2, 0.25) is 0 Å². The van der Waals surface area contributed by atoms with E-state index in [2.05, 4.69) is 59.7 Å². The van der Waals surface area contributed by atoms with Crippen molar-refractivity contribution in [3.8, 4) is 0 Å². The molecule has 0 bridgehead atoms. The van der Waals surface area contributed by atoms with Gasteiger partial charge in [0.15, 0.2) is 0 Å². The van der Waals surface area contributed by atoms with Gasteiger partial charge in [-0.05, 0) is 60.1 Å². The molecule has 0 radical (unpaired) electrons. The topological polar surface area (TPSA) is 0 Å². The molecule has 18 heavy (non-hydrogen) atoms. The third-order valence-electron chi connectivity index (χ3n) is 5.07. The first kappa shape index (κ1) is 13.6. The maximum atomic E-state index is 2.45. The zero-order chi connectivity index (χ0) is 13.6. The molecule has 0 heteroatoms. The summed E-state index contributed by atoms with van der Waals surface area (Å²) in [6.07, 6.45) is 4.09. The van der Waals surface area contributed by atoms with Gasteiger partial charge in [-0.25, -0.2) is 0 Å². The Morgan fingerprint density at radius 2 is 1.44 bits per heavy atom. The summed E-state index contributed by atoms with van der Waals surface area (Å²) in [5, 5.41) is 0. The number of aryl methyl sites for hydroxylation is 2. The minimum Gasteiger partial charge on any atom is -0.0593 e. The van der Waals surface area contributed by atoms with Crippen LogP contribution >= 0.6 is 0 Å². The highest BCUT2D eigenvalue weighted by atomic mass is 14.5. The van der Waals surface area contributed by atoms with E-state index in [0.29, 0.717) is 16.7 Å². The Bertz CT molecular complexity index is 421. The molecular weight excluding hydrogens is 216 g/mol. The van der Waals surface area contributed by atoms with Crippen molar-refractivity contribution in [2.75, 3.05) is 0 Å². The Balaban J connectivity index is 2.47. The molecule has 100 valence electrons. The van der Waals surface area contributed by atoms with E-state index in [-0.39, 0.29) is 0 Å². The van der Waals surface area contributed by atoms with Crippen molar-refractivity contribution in [3.05, 3.63) is 34.9 Å². The van der Waals surface area contributed by atoms with Crippen LogP contribution in [0.2, 0.25) is 0 Å². The minimum atomic E-state index is 0.420. The number of benzene rings is 1. The zero-order valence-electron chi connectivity index (χ0n) is 12.9. The lowest BCUT2D eigenvalue weighted by Crippen LogP contribution is -2.38. The summed E-state index contributed by atoms with van der Waals surface area (Å²) in [6, 6.07) is 7.09. The Hall–Kier alpha value is -0.780. The average molecular weight is 244 g/mol. The first-order valence-corrected chi connectivity index (χ1v) is 7.31. The standard InChI is InChI=1S/C18H28/c1-13-8-9-15(12-14(13)2)16-17(3,4)10-7-11-18(16,5)6/h8-9,12,16H,7,10-11H2,1-6H3. The van der Waals surface area contributed by atoms with Gasteiger partial charge in [0.1, 0.15) is 0 Å². The first-order valence-electron chi connectivity index (χ1n) is 7.31. The van der Waals surface area contributed by atoms with Gasteiger partial charge in [-0.2, -0.15) is 0 Å². The molecule has 1 aliphatic carbocycles. The van der Waals surface area contributed by atoms with Gasteiger partial charge < -0.3 is 0 Å². The molecule has 0 amide bonds. The summed E-state index contributed by atoms with van der Waals surface area (Å²) in [6.45, 7) is 14.3. The van der Waals surface area contributed by atoms with Crippen molar-refractivity contribution >= 4 is 0 Å². The normalized spacial score (nSPS) is 23.0. The summed E-state index contributed by atoms with van der Waals surface area (Å²) in [5.74, 6) is 0.679. The van der Waals surface area contributed by atoms with Gasteiger partial charge in [-0.1, -0.05) is 52.3 Å². The lowest BCUT2D eigenvalue weighted by molar-refractivity contribution is 0.0727. The third-order valence-corrected chi connectivity index (χ3v) is 5.07. The Morgan fingerprint density at radius 1 is 0.889 bits per heavy atom. The molecular formula is C18H28. The van der Waals surface area contributed by atoms with E-state index in [0.717, 1.165) is 0 Å². The van der Waals surface area contributed by atoms with E-state index < -0.39 is 0 Å². The molecule has 0 N–H and O–H groups in total. The van der Waals surface area contributed by atoms with E-state index in [1.165, 1.54) is 30.4 Å². The van der Waals surface area contributed by atoms with E-state index in [1.54, 1.807) is 5.56 Å². The van der Waals surface area contributed by atoms with Gasteiger partial charge in [-0.15, -0.1) is 0 Å². The van der Waals surface area contributed by atoms with Crippen LogP contribution in [0.5, 0.6) is 0 Å². The fraction of sp³-hybridized carbons (Fsp3) is 0.667.